The Kier molecular flexibility index (Phi) is 4.73. The molecule has 1 saturated heterocycles. The molecule has 1 aliphatic rings. The Labute approximate surface area is 122 Å². The van der Waals surface area contributed by atoms with Crippen molar-refractivity contribution in [3.8, 4) is 0 Å². The number of sulfone groups is 1. The molecule has 0 aromatic heterocycles. The van der Waals surface area contributed by atoms with E-state index < -0.39 is 38.6 Å². The summed E-state index contributed by atoms with van der Waals surface area (Å²) in [5, 5.41) is -1.31. The topological polar surface area (TPSA) is 60.4 Å². The van der Waals surface area contributed by atoms with Crippen molar-refractivity contribution in [3.63, 3.8) is 0 Å². The largest absolute Gasteiger partial charge is 0.377 e. The van der Waals surface area contributed by atoms with E-state index in [2.05, 4.69) is 0 Å². The van der Waals surface area contributed by atoms with Gasteiger partial charge in [0.25, 0.3) is 0 Å². The summed E-state index contributed by atoms with van der Waals surface area (Å²) in [6.45, 7) is 1.78. The van der Waals surface area contributed by atoms with Crippen molar-refractivity contribution in [3.05, 3.63) is 35.4 Å². The van der Waals surface area contributed by atoms with Crippen molar-refractivity contribution in [1.82, 2.24) is 0 Å². The molecule has 0 saturated carbocycles. The van der Waals surface area contributed by atoms with Crippen molar-refractivity contribution >= 4 is 15.6 Å². The molecule has 0 N–H and O–H groups in total. The van der Waals surface area contributed by atoms with E-state index in [1.54, 1.807) is 0 Å². The molecule has 0 aliphatic carbocycles. The van der Waals surface area contributed by atoms with Crippen LogP contribution in [0.3, 0.4) is 0 Å². The molecule has 2 atom stereocenters. The van der Waals surface area contributed by atoms with E-state index in [4.69, 9.17) is 4.74 Å². The third-order valence-electron chi connectivity index (χ3n) is 3.55. The molecule has 1 aliphatic heterocycles. The van der Waals surface area contributed by atoms with Crippen LogP contribution in [0.25, 0.3) is 0 Å². The molecule has 1 heterocycles. The van der Waals surface area contributed by atoms with Crippen LogP contribution in [0.2, 0.25) is 0 Å². The molecule has 7 heteroatoms. The van der Waals surface area contributed by atoms with Crippen molar-refractivity contribution < 1.29 is 26.7 Å². The fourth-order valence-electron chi connectivity index (χ4n) is 2.23. The minimum absolute atomic E-state index is 0.155. The second-order valence-electron chi connectivity index (χ2n) is 5.10. The number of halogens is 2. The number of benzene rings is 1. The summed E-state index contributed by atoms with van der Waals surface area (Å²) in [4.78, 5) is 12.1. The third-order valence-corrected chi connectivity index (χ3v) is 5.68. The molecule has 0 spiro atoms. The maximum absolute atomic E-state index is 13.1. The highest BCUT2D eigenvalue weighted by molar-refractivity contribution is 7.92. The summed E-state index contributed by atoms with van der Waals surface area (Å²) < 4.78 is 55.6. The standard InChI is InChI=1S/C14H16F2O4S/c1-9(21(18,19)8-11-3-2-6-20-11)14(17)10-4-5-12(15)13(16)7-10/h4-5,7,9,11H,2-3,6,8H2,1H3. The maximum Gasteiger partial charge on any atom is 0.180 e. The van der Waals surface area contributed by atoms with E-state index in [1.165, 1.54) is 6.92 Å². The van der Waals surface area contributed by atoms with Gasteiger partial charge in [-0.2, -0.15) is 0 Å². The molecule has 2 unspecified atom stereocenters. The van der Waals surface area contributed by atoms with E-state index in [1.807, 2.05) is 0 Å². The van der Waals surface area contributed by atoms with Crippen LogP contribution in [0.15, 0.2) is 18.2 Å². The Bertz CT molecular complexity index is 636. The Balaban J connectivity index is 2.15. The van der Waals surface area contributed by atoms with Gasteiger partial charge in [-0.1, -0.05) is 0 Å². The lowest BCUT2D eigenvalue weighted by Gasteiger charge is -2.15. The van der Waals surface area contributed by atoms with Gasteiger partial charge in [0, 0.05) is 12.2 Å². The van der Waals surface area contributed by atoms with Gasteiger partial charge in [0.1, 0.15) is 5.25 Å². The van der Waals surface area contributed by atoms with Gasteiger partial charge in [-0.25, -0.2) is 17.2 Å². The van der Waals surface area contributed by atoms with E-state index in [9.17, 15) is 22.0 Å². The van der Waals surface area contributed by atoms with Crippen molar-refractivity contribution in [1.29, 1.82) is 0 Å². The number of carbonyl (C=O) groups excluding carboxylic acids is 1. The zero-order valence-electron chi connectivity index (χ0n) is 11.5. The van der Waals surface area contributed by atoms with Crippen LogP contribution < -0.4 is 0 Å². The molecule has 116 valence electrons. The molecular weight excluding hydrogens is 302 g/mol. The van der Waals surface area contributed by atoms with E-state index in [0.717, 1.165) is 24.6 Å². The molecule has 0 amide bonds. The lowest BCUT2D eigenvalue weighted by atomic mass is 10.1. The minimum atomic E-state index is -3.70. The van der Waals surface area contributed by atoms with Crippen LogP contribution in [0.4, 0.5) is 8.78 Å². The third kappa shape index (κ3) is 3.65. The lowest BCUT2D eigenvalue weighted by molar-refractivity contribution is 0.0989. The fraction of sp³-hybridized carbons (Fsp3) is 0.500. The summed E-state index contributed by atoms with van der Waals surface area (Å²) in [5.74, 6) is -3.23. The first-order chi connectivity index (χ1) is 9.81. The number of Topliss-reactive ketones (excluding diaryl/α,β-unsaturated/α-hetero) is 1. The van der Waals surface area contributed by atoms with Crippen molar-refractivity contribution in [2.75, 3.05) is 12.4 Å². The summed E-state index contributed by atoms with van der Waals surface area (Å²) in [7, 11) is -3.70. The summed E-state index contributed by atoms with van der Waals surface area (Å²) in [5.41, 5.74) is -0.155. The first-order valence-corrected chi connectivity index (χ1v) is 8.35. The highest BCUT2D eigenvalue weighted by Gasteiger charge is 2.33. The summed E-state index contributed by atoms with van der Waals surface area (Å²) in [6.07, 6.45) is 1.05. The average Bonchev–Trinajstić information content (AvgIpc) is 2.92. The van der Waals surface area contributed by atoms with Gasteiger partial charge in [-0.3, -0.25) is 4.79 Å². The fourth-order valence-corrected chi connectivity index (χ4v) is 3.76. The molecule has 2 rings (SSSR count). The maximum atomic E-state index is 13.1. The van der Waals surface area contributed by atoms with Gasteiger partial charge in [0.05, 0.1) is 11.9 Å². The Morgan fingerprint density at radius 1 is 1.38 bits per heavy atom. The quantitative estimate of drug-likeness (QED) is 0.780. The van der Waals surface area contributed by atoms with Gasteiger partial charge in [0.2, 0.25) is 0 Å². The highest BCUT2D eigenvalue weighted by Crippen LogP contribution is 2.19. The first kappa shape index (κ1) is 16.0. The number of hydrogen-bond acceptors (Lipinski definition) is 4. The van der Waals surface area contributed by atoms with Gasteiger partial charge in [-0.15, -0.1) is 0 Å². The monoisotopic (exact) mass is 318 g/mol. The number of rotatable bonds is 5. The molecule has 4 nitrogen and oxygen atoms in total. The van der Waals surface area contributed by atoms with E-state index >= 15 is 0 Å². The molecule has 1 fully saturated rings. The number of ketones is 1. The zero-order valence-corrected chi connectivity index (χ0v) is 12.3. The minimum Gasteiger partial charge on any atom is -0.377 e. The van der Waals surface area contributed by atoms with Gasteiger partial charge in [-0.05, 0) is 38.0 Å². The Hall–Kier alpha value is -1.34. The molecule has 0 bridgehead atoms. The average molecular weight is 318 g/mol. The van der Waals surface area contributed by atoms with Crippen molar-refractivity contribution in [2.45, 2.75) is 31.1 Å². The lowest BCUT2D eigenvalue weighted by Crippen LogP contribution is -2.33. The predicted molar refractivity (Wildman–Crippen MR) is 72.9 cm³/mol. The number of ether oxygens (including phenoxy) is 1. The van der Waals surface area contributed by atoms with Crippen LogP contribution in [0.5, 0.6) is 0 Å². The molecule has 21 heavy (non-hydrogen) atoms. The summed E-state index contributed by atoms with van der Waals surface area (Å²) >= 11 is 0. The van der Waals surface area contributed by atoms with E-state index in [-0.39, 0.29) is 11.3 Å². The number of hydrogen-bond donors (Lipinski definition) is 0. The Morgan fingerprint density at radius 3 is 2.67 bits per heavy atom. The molecule has 0 radical (unpaired) electrons. The molecular formula is C14H16F2O4S. The second kappa shape index (κ2) is 6.19. The number of carbonyl (C=O) groups is 1. The van der Waals surface area contributed by atoms with Crippen LogP contribution in [-0.4, -0.2) is 37.9 Å². The van der Waals surface area contributed by atoms with Gasteiger partial charge < -0.3 is 4.74 Å². The molecule has 1 aromatic carbocycles. The van der Waals surface area contributed by atoms with Gasteiger partial charge in [0.15, 0.2) is 27.3 Å². The normalized spacial score (nSPS) is 20.4. The summed E-state index contributed by atoms with van der Waals surface area (Å²) in [6, 6.07) is 2.61. The SMILES string of the molecule is CC(C(=O)c1ccc(F)c(F)c1)S(=O)(=O)CC1CCCO1. The zero-order chi connectivity index (χ0) is 15.6. The Morgan fingerprint density at radius 2 is 2.10 bits per heavy atom. The highest BCUT2D eigenvalue weighted by atomic mass is 32.2. The predicted octanol–water partition coefficient (Wildman–Crippen LogP) is 2.13. The first-order valence-electron chi connectivity index (χ1n) is 6.63. The van der Waals surface area contributed by atoms with Crippen LogP contribution in [-0.2, 0) is 14.6 Å². The van der Waals surface area contributed by atoms with Crippen LogP contribution in [0, 0.1) is 11.6 Å². The van der Waals surface area contributed by atoms with E-state index in [0.29, 0.717) is 13.0 Å². The molecule has 1 aromatic rings. The smallest absolute Gasteiger partial charge is 0.180 e. The van der Waals surface area contributed by atoms with Crippen molar-refractivity contribution in [2.24, 2.45) is 0 Å². The second-order valence-corrected chi connectivity index (χ2v) is 7.47. The van der Waals surface area contributed by atoms with Gasteiger partial charge >= 0.3 is 0 Å². The van der Waals surface area contributed by atoms with Crippen LogP contribution >= 0.6 is 0 Å². The van der Waals surface area contributed by atoms with Crippen LogP contribution in [0.1, 0.15) is 30.1 Å².